The van der Waals surface area contributed by atoms with Gasteiger partial charge in [-0.2, -0.15) is 5.10 Å². The van der Waals surface area contributed by atoms with Gasteiger partial charge in [0, 0.05) is 17.5 Å². The monoisotopic (exact) mass is 314 g/mol. The molecule has 0 saturated heterocycles. The normalized spacial score (nSPS) is 16.7. The average Bonchev–Trinajstić information content (AvgIpc) is 3.09. The number of nitrogens with zero attached hydrogens (tertiary/aromatic N) is 4. The minimum absolute atomic E-state index is 0.0181. The lowest BCUT2D eigenvalue weighted by Crippen LogP contribution is -1.99. The number of anilines is 2. The van der Waals surface area contributed by atoms with Gasteiger partial charge in [-0.1, -0.05) is 11.3 Å². The van der Waals surface area contributed by atoms with E-state index < -0.39 is 0 Å². The third-order valence-electron chi connectivity index (χ3n) is 3.51. The first-order chi connectivity index (χ1) is 10.7. The van der Waals surface area contributed by atoms with E-state index in [1.54, 1.807) is 23.7 Å². The molecule has 2 N–H and O–H groups in total. The predicted molar refractivity (Wildman–Crippen MR) is 83.0 cm³/mol. The van der Waals surface area contributed by atoms with Gasteiger partial charge in [-0.15, -0.1) is 0 Å². The van der Waals surface area contributed by atoms with E-state index in [4.69, 9.17) is 4.74 Å². The molecule has 3 aromatic rings. The highest BCUT2D eigenvalue weighted by Gasteiger charge is 2.25. The molecule has 0 fully saturated rings. The zero-order valence-electron chi connectivity index (χ0n) is 12.1. The zero-order valence-corrected chi connectivity index (χ0v) is 12.9. The summed E-state index contributed by atoms with van der Waals surface area (Å²) in [4.78, 5) is 14.3. The van der Waals surface area contributed by atoms with Crippen molar-refractivity contribution in [3.63, 3.8) is 0 Å². The number of hydrogen-bond donors (Lipinski definition) is 2. The van der Waals surface area contributed by atoms with E-state index in [9.17, 15) is 0 Å². The fourth-order valence-electron chi connectivity index (χ4n) is 2.40. The van der Waals surface area contributed by atoms with Gasteiger partial charge in [-0.05, 0) is 19.9 Å². The van der Waals surface area contributed by atoms with Crippen molar-refractivity contribution in [1.82, 2.24) is 25.1 Å². The minimum Gasteiger partial charge on any atom is -0.367 e. The molecule has 112 valence electrons. The fraction of sp³-hybridized carbons (Fsp3) is 0.286. The molecule has 0 aromatic carbocycles. The SMILES string of the molecule is Cc1ccnc(Nc2nc3c(s2)CO[C@@H](C)c2[nH]ncc2-3)n1. The summed E-state index contributed by atoms with van der Waals surface area (Å²) in [6.45, 7) is 4.47. The smallest absolute Gasteiger partial charge is 0.229 e. The van der Waals surface area contributed by atoms with Crippen LogP contribution in [0.5, 0.6) is 0 Å². The molecule has 1 aliphatic heterocycles. The van der Waals surface area contributed by atoms with Gasteiger partial charge in [0.25, 0.3) is 0 Å². The standard InChI is InChI=1S/C14H14N6OS/c1-7-3-4-15-13(17-7)19-14-18-12-9-5-16-20-11(9)8(2)21-6-10(12)22-14/h3-5,8H,6H2,1-2H3,(H,16,20)(H,15,17,18,19)/t8-/m0/s1. The number of rotatable bonds is 2. The van der Waals surface area contributed by atoms with E-state index in [0.717, 1.165) is 32.7 Å². The Morgan fingerprint density at radius 1 is 1.41 bits per heavy atom. The lowest BCUT2D eigenvalue weighted by Gasteiger charge is -2.08. The van der Waals surface area contributed by atoms with Crippen molar-refractivity contribution in [3.05, 3.63) is 34.7 Å². The van der Waals surface area contributed by atoms with Crippen LogP contribution in [0, 0.1) is 6.92 Å². The average molecular weight is 314 g/mol. The number of fused-ring (bicyclic) bond motifs is 3. The van der Waals surface area contributed by atoms with Crippen LogP contribution < -0.4 is 5.32 Å². The van der Waals surface area contributed by atoms with Crippen LogP contribution in [0.15, 0.2) is 18.5 Å². The van der Waals surface area contributed by atoms with Crippen LogP contribution in [0.25, 0.3) is 11.3 Å². The molecule has 0 saturated carbocycles. The topological polar surface area (TPSA) is 88.6 Å². The molecule has 1 aliphatic rings. The van der Waals surface area contributed by atoms with Crippen LogP contribution in [0.1, 0.15) is 29.3 Å². The first kappa shape index (κ1) is 13.4. The van der Waals surface area contributed by atoms with Crippen molar-refractivity contribution in [1.29, 1.82) is 0 Å². The van der Waals surface area contributed by atoms with Gasteiger partial charge in [0.05, 0.1) is 35.2 Å². The predicted octanol–water partition coefficient (Wildman–Crippen LogP) is 2.97. The summed E-state index contributed by atoms with van der Waals surface area (Å²) in [5.74, 6) is 0.547. The maximum Gasteiger partial charge on any atom is 0.229 e. The van der Waals surface area contributed by atoms with Gasteiger partial charge in [0.2, 0.25) is 5.95 Å². The summed E-state index contributed by atoms with van der Waals surface area (Å²) in [5, 5.41) is 11.0. The van der Waals surface area contributed by atoms with E-state index in [1.165, 1.54) is 0 Å². The number of aromatic nitrogens is 5. The molecule has 7 nitrogen and oxygen atoms in total. The molecule has 4 rings (SSSR count). The summed E-state index contributed by atoms with van der Waals surface area (Å²) >= 11 is 1.55. The van der Waals surface area contributed by atoms with Crippen LogP contribution in [-0.4, -0.2) is 25.1 Å². The molecule has 3 aromatic heterocycles. The van der Waals surface area contributed by atoms with Gasteiger partial charge in [-0.3, -0.25) is 5.10 Å². The number of aromatic amines is 1. The summed E-state index contributed by atoms with van der Waals surface area (Å²) in [7, 11) is 0. The summed E-state index contributed by atoms with van der Waals surface area (Å²) in [6.07, 6.45) is 3.50. The number of thiazole rings is 1. The highest BCUT2D eigenvalue weighted by molar-refractivity contribution is 7.16. The third kappa shape index (κ3) is 2.26. The molecule has 0 amide bonds. The Hall–Kier alpha value is -2.32. The number of H-pyrrole nitrogens is 1. The number of ether oxygens (including phenoxy) is 1. The summed E-state index contributed by atoms with van der Waals surface area (Å²) in [6, 6.07) is 1.86. The van der Waals surface area contributed by atoms with Crippen molar-refractivity contribution in [3.8, 4) is 11.3 Å². The van der Waals surface area contributed by atoms with Crippen molar-refractivity contribution in [2.75, 3.05) is 5.32 Å². The van der Waals surface area contributed by atoms with E-state index >= 15 is 0 Å². The van der Waals surface area contributed by atoms with Crippen LogP contribution in [-0.2, 0) is 11.3 Å². The Kier molecular flexibility index (Phi) is 3.12. The molecule has 0 bridgehead atoms. The third-order valence-corrected chi connectivity index (χ3v) is 4.45. The van der Waals surface area contributed by atoms with Crippen LogP contribution in [0.4, 0.5) is 11.1 Å². The van der Waals surface area contributed by atoms with E-state index in [-0.39, 0.29) is 6.10 Å². The molecule has 0 radical (unpaired) electrons. The summed E-state index contributed by atoms with van der Waals surface area (Å²) < 4.78 is 5.84. The van der Waals surface area contributed by atoms with E-state index in [1.807, 2.05) is 19.9 Å². The Morgan fingerprint density at radius 2 is 2.32 bits per heavy atom. The quantitative estimate of drug-likeness (QED) is 0.756. The zero-order chi connectivity index (χ0) is 15.1. The van der Waals surface area contributed by atoms with Gasteiger partial charge in [0.1, 0.15) is 0 Å². The highest BCUT2D eigenvalue weighted by Crippen LogP contribution is 2.39. The Morgan fingerprint density at radius 3 is 3.18 bits per heavy atom. The maximum absolute atomic E-state index is 5.84. The molecule has 8 heteroatoms. The summed E-state index contributed by atoms with van der Waals surface area (Å²) in [5.41, 5.74) is 3.77. The second-order valence-corrected chi connectivity index (χ2v) is 6.17. The first-order valence-electron chi connectivity index (χ1n) is 6.92. The number of aryl methyl sites for hydroxylation is 1. The maximum atomic E-state index is 5.84. The van der Waals surface area contributed by atoms with E-state index in [0.29, 0.717) is 12.6 Å². The molecule has 4 heterocycles. The fourth-order valence-corrected chi connectivity index (χ4v) is 3.29. The lowest BCUT2D eigenvalue weighted by atomic mass is 10.1. The first-order valence-corrected chi connectivity index (χ1v) is 7.74. The van der Waals surface area contributed by atoms with Crippen LogP contribution in [0.2, 0.25) is 0 Å². The molecule has 1 atom stereocenters. The van der Waals surface area contributed by atoms with Crippen molar-refractivity contribution < 1.29 is 4.74 Å². The molecule has 0 unspecified atom stereocenters. The Bertz CT molecular complexity index is 826. The van der Waals surface area contributed by atoms with E-state index in [2.05, 4.69) is 30.5 Å². The second-order valence-electron chi connectivity index (χ2n) is 5.09. The second kappa shape index (κ2) is 5.15. The van der Waals surface area contributed by atoms with Crippen molar-refractivity contribution >= 4 is 22.4 Å². The van der Waals surface area contributed by atoms with Gasteiger partial charge in [0.15, 0.2) is 5.13 Å². The molecule has 22 heavy (non-hydrogen) atoms. The highest BCUT2D eigenvalue weighted by atomic mass is 32.1. The number of hydrogen-bond acceptors (Lipinski definition) is 7. The molecule has 0 aliphatic carbocycles. The Balaban J connectivity index is 1.71. The lowest BCUT2D eigenvalue weighted by molar-refractivity contribution is 0.0537. The Labute approximate surface area is 130 Å². The minimum atomic E-state index is -0.0181. The largest absolute Gasteiger partial charge is 0.367 e. The molecular weight excluding hydrogens is 300 g/mol. The van der Waals surface area contributed by atoms with Gasteiger partial charge in [-0.25, -0.2) is 15.0 Å². The van der Waals surface area contributed by atoms with Gasteiger partial charge < -0.3 is 10.1 Å². The molecular formula is C14H14N6OS. The van der Waals surface area contributed by atoms with Crippen LogP contribution in [0.3, 0.4) is 0 Å². The molecule has 0 spiro atoms. The van der Waals surface area contributed by atoms with Gasteiger partial charge >= 0.3 is 0 Å². The van der Waals surface area contributed by atoms with Crippen molar-refractivity contribution in [2.45, 2.75) is 26.6 Å². The van der Waals surface area contributed by atoms with Crippen LogP contribution >= 0.6 is 11.3 Å². The van der Waals surface area contributed by atoms with Crippen molar-refractivity contribution in [2.24, 2.45) is 0 Å². The number of nitrogens with one attached hydrogen (secondary N) is 2.